The molecule has 0 radical (unpaired) electrons. The maximum absolute atomic E-state index is 13.2. The van der Waals surface area contributed by atoms with Crippen LogP contribution in [0.1, 0.15) is 48.7 Å². The van der Waals surface area contributed by atoms with Crippen molar-refractivity contribution in [3.05, 3.63) is 59.2 Å². The largest absolute Gasteiger partial charge is 0.377 e. The molecule has 0 aliphatic heterocycles. The van der Waals surface area contributed by atoms with Crippen LogP contribution in [0.15, 0.2) is 42.5 Å². The van der Waals surface area contributed by atoms with Crippen LogP contribution in [-0.2, 0) is 6.54 Å². The van der Waals surface area contributed by atoms with E-state index in [1.165, 1.54) is 0 Å². The van der Waals surface area contributed by atoms with E-state index in [0.29, 0.717) is 24.3 Å². The Hall–Kier alpha value is -3.02. The first-order chi connectivity index (χ1) is 14.2. The Balaban J connectivity index is 2.31. The van der Waals surface area contributed by atoms with E-state index >= 15 is 0 Å². The minimum absolute atomic E-state index is 0.0150. The molecule has 0 saturated carbocycles. The van der Waals surface area contributed by atoms with E-state index in [4.69, 9.17) is 0 Å². The number of amides is 3. The Labute approximate surface area is 180 Å². The van der Waals surface area contributed by atoms with Crippen LogP contribution in [0.5, 0.6) is 0 Å². The quantitative estimate of drug-likeness (QED) is 0.666. The van der Waals surface area contributed by atoms with Gasteiger partial charge in [0.05, 0.1) is 0 Å². The molecule has 0 aliphatic carbocycles. The van der Waals surface area contributed by atoms with E-state index in [0.717, 1.165) is 23.2 Å². The second kappa shape index (κ2) is 10.7. The first-order valence-corrected chi connectivity index (χ1v) is 10.4. The molecule has 2 rings (SSSR count). The van der Waals surface area contributed by atoms with Gasteiger partial charge in [-0.2, -0.15) is 0 Å². The number of benzene rings is 2. The minimum atomic E-state index is -0.241. The fourth-order valence-corrected chi connectivity index (χ4v) is 3.34. The molecule has 0 spiro atoms. The molecule has 30 heavy (non-hydrogen) atoms. The summed E-state index contributed by atoms with van der Waals surface area (Å²) in [7, 11) is 3.95. The molecule has 0 aromatic heterocycles. The summed E-state index contributed by atoms with van der Waals surface area (Å²) in [5, 5.41) is 5.71. The molecule has 2 aromatic carbocycles. The highest BCUT2D eigenvalue weighted by atomic mass is 16.2. The Morgan fingerprint density at radius 1 is 1.07 bits per heavy atom. The van der Waals surface area contributed by atoms with Crippen molar-refractivity contribution in [2.45, 2.75) is 46.7 Å². The van der Waals surface area contributed by atoms with Crippen molar-refractivity contribution in [3.8, 4) is 0 Å². The lowest BCUT2D eigenvalue weighted by Gasteiger charge is -2.26. The highest BCUT2D eigenvalue weighted by Gasteiger charge is 2.18. The lowest BCUT2D eigenvalue weighted by Crippen LogP contribution is -2.34. The number of nitrogens with zero attached hydrogens (tertiary/aromatic N) is 2. The maximum Gasteiger partial charge on any atom is 0.319 e. The van der Waals surface area contributed by atoms with Crippen LogP contribution >= 0.6 is 0 Å². The normalized spacial score (nSPS) is 10.6. The predicted octanol–water partition coefficient (Wildman–Crippen LogP) is 4.64. The Morgan fingerprint density at radius 3 is 2.40 bits per heavy atom. The third kappa shape index (κ3) is 6.51. The summed E-state index contributed by atoms with van der Waals surface area (Å²) < 4.78 is 0. The zero-order valence-electron chi connectivity index (χ0n) is 19.0. The number of aryl methyl sites for hydroxylation is 1. The van der Waals surface area contributed by atoms with Gasteiger partial charge in [-0.3, -0.25) is 4.79 Å². The molecule has 0 aliphatic rings. The summed E-state index contributed by atoms with van der Waals surface area (Å²) in [5.41, 5.74) is 4.46. The van der Waals surface area contributed by atoms with Crippen LogP contribution in [-0.4, -0.2) is 43.5 Å². The molecule has 0 heterocycles. The van der Waals surface area contributed by atoms with Crippen LogP contribution in [0, 0.1) is 6.92 Å². The van der Waals surface area contributed by atoms with Gasteiger partial charge in [0, 0.05) is 50.2 Å². The Kier molecular flexibility index (Phi) is 8.27. The van der Waals surface area contributed by atoms with Crippen LogP contribution in [0.25, 0.3) is 0 Å². The molecule has 0 bridgehead atoms. The zero-order valence-corrected chi connectivity index (χ0v) is 19.0. The standard InChI is InChI=1S/C24H34N4O2/c1-7-13-28(23(29)19-10-8-9-18(4)14-19)16-20-15-21(11-12-22(20)27(5)6)26-24(30)25-17(2)3/h8-12,14-15,17H,7,13,16H2,1-6H3,(H2,25,26,30). The molecule has 2 N–H and O–H groups in total. The summed E-state index contributed by atoms with van der Waals surface area (Å²) in [6.07, 6.45) is 0.865. The minimum Gasteiger partial charge on any atom is -0.377 e. The number of nitrogens with one attached hydrogen (secondary N) is 2. The van der Waals surface area contributed by atoms with Crippen molar-refractivity contribution < 1.29 is 9.59 Å². The molecule has 2 aromatic rings. The van der Waals surface area contributed by atoms with Crippen LogP contribution in [0.2, 0.25) is 0 Å². The fraction of sp³-hybridized carbons (Fsp3) is 0.417. The highest BCUT2D eigenvalue weighted by molar-refractivity contribution is 5.94. The molecule has 0 fully saturated rings. The predicted molar refractivity (Wildman–Crippen MR) is 124 cm³/mol. The smallest absolute Gasteiger partial charge is 0.319 e. The molecule has 162 valence electrons. The molecular weight excluding hydrogens is 376 g/mol. The zero-order chi connectivity index (χ0) is 22.3. The molecule has 6 nitrogen and oxygen atoms in total. The van der Waals surface area contributed by atoms with Gasteiger partial charge in [-0.05, 0) is 63.1 Å². The highest BCUT2D eigenvalue weighted by Crippen LogP contribution is 2.25. The van der Waals surface area contributed by atoms with E-state index in [-0.39, 0.29) is 18.0 Å². The summed E-state index contributed by atoms with van der Waals surface area (Å²) in [4.78, 5) is 29.2. The molecule has 3 amide bonds. The van der Waals surface area contributed by atoms with Crippen LogP contribution < -0.4 is 15.5 Å². The summed E-state index contributed by atoms with van der Waals surface area (Å²) in [6, 6.07) is 13.3. The number of rotatable bonds is 8. The van der Waals surface area contributed by atoms with E-state index in [1.807, 2.05) is 87.1 Å². The van der Waals surface area contributed by atoms with Crippen molar-refractivity contribution in [1.82, 2.24) is 10.2 Å². The van der Waals surface area contributed by atoms with E-state index in [2.05, 4.69) is 17.6 Å². The average Bonchev–Trinajstić information content (AvgIpc) is 2.66. The number of anilines is 2. The van der Waals surface area contributed by atoms with Gasteiger partial charge in [0.2, 0.25) is 0 Å². The first-order valence-electron chi connectivity index (χ1n) is 10.4. The van der Waals surface area contributed by atoms with Crippen LogP contribution in [0.4, 0.5) is 16.2 Å². The third-order valence-corrected chi connectivity index (χ3v) is 4.65. The van der Waals surface area contributed by atoms with Gasteiger partial charge in [0.1, 0.15) is 0 Å². The van der Waals surface area contributed by atoms with Gasteiger partial charge < -0.3 is 20.4 Å². The van der Waals surface area contributed by atoms with Gasteiger partial charge in [-0.1, -0.05) is 24.6 Å². The first kappa shape index (κ1) is 23.3. The molecule has 0 unspecified atom stereocenters. The average molecular weight is 411 g/mol. The number of hydrogen-bond donors (Lipinski definition) is 2. The number of hydrogen-bond acceptors (Lipinski definition) is 3. The molecule has 0 atom stereocenters. The van der Waals surface area contributed by atoms with E-state index in [9.17, 15) is 9.59 Å². The fourth-order valence-electron chi connectivity index (χ4n) is 3.34. The molecular formula is C24H34N4O2. The third-order valence-electron chi connectivity index (χ3n) is 4.65. The Bertz CT molecular complexity index is 877. The second-order valence-electron chi connectivity index (χ2n) is 8.09. The SMILES string of the molecule is CCCN(Cc1cc(NC(=O)NC(C)C)ccc1N(C)C)C(=O)c1cccc(C)c1. The topological polar surface area (TPSA) is 64.7 Å². The number of urea groups is 1. The van der Waals surface area contributed by atoms with Gasteiger partial charge >= 0.3 is 6.03 Å². The Morgan fingerprint density at radius 2 is 1.80 bits per heavy atom. The second-order valence-corrected chi connectivity index (χ2v) is 8.09. The lowest BCUT2D eigenvalue weighted by molar-refractivity contribution is 0.0743. The van der Waals surface area contributed by atoms with E-state index < -0.39 is 0 Å². The number of carbonyl (C=O) groups excluding carboxylic acids is 2. The van der Waals surface area contributed by atoms with Gasteiger partial charge in [0.15, 0.2) is 0 Å². The van der Waals surface area contributed by atoms with E-state index in [1.54, 1.807) is 0 Å². The van der Waals surface area contributed by atoms with Gasteiger partial charge in [-0.25, -0.2) is 4.79 Å². The monoisotopic (exact) mass is 410 g/mol. The number of carbonyl (C=O) groups is 2. The maximum atomic E-state index is 13.2. The summed E-state index contributed by atoms with van der Waals surface area (Å²) in [6.45, 7) is 9.01. The lowest BCUT2D eigenvalue weighted by atomic mass is 10.1. The van der Waals surface area contributed by atoms with Crippen LogP contribution in [0.3, 0.4) is 0 Å². The van der Waals surface area contributed by atoms with Gasteiger partial charge in [0.25, 0.3) is 5.91 Å². The molecule has 0 saturated heterocycles. The molecule has 6 heteroatoms. The van der Waals surface area contributed by atoms with Crippen molar-refractivity contribution >= 4 is 23.3 Å². The van der Waals surface area contributed by atoms with Crippen molar-refractivity contribution in [2.24, 2.45) is 0 Å². The van der Waals surface area contributed by atoms with Crippen molar-refractivity contribution in [3.63, 3.8) is 0 Å². The summed E-state index contributed by atoms with van der Waals surface area (Å²) in [5.74, 6) is 0.0150. The van der Waals surface area contributed by atoms with Crippen molar-refractivity contribution in [1.29, 1.82) is 0 Å². The van der Waals surface area contributed by atoms with Crippen molar-refractivity contribution in [2.75, 3.05) is 30.9 Å². The summed E-state index contributed by atoms with van der Waals surface area (Å²) >= 11 is 0. The van der Waals surface area contributed by atoms with Gasteiger partial charge in [-0.15, -0.1) is 0 Å².